The number of hydrogen-bond donors (Lipinski definition) is 0. The molecule has 7 nitrogen and oxygen atoms in total. The minimum absolute atomic E-state index is 0.774. The van der Waals surface area contributed by atoms with E-state index in [4.69, 9.17) is 14.1 Å². The van der Waals surface area contributed by atoms with Crippen LogP contribution in [0.2, 0.25) is 0 Å². The van der Waals surface area contributed by atoms with Crippen LogP contribution in [0, 0.1) is 0 Å². The number of aromatic nitrogens is 3. The number of furan rings is 1. The third-order valence-electron chi connectivity index (χ3n) is 6.09. The number of fused-ring (bicyclic) bond motifs is 3. The van der Waals surface area contributed by atoms with Crippen LogP contribution in [0.15, 0.2) is 64.7 Å². The van der Waals surface area contributed by atoms with Crippen LogP contribution < -0.4 is 9.64 Å². The maximum absolute atomic E-state index is 6.12. The van der Waals surface area contributed by atoms with Crippen molar-refractivity contribution >= 4 is 39.2 Å². The summed E-state index contributed by atoms with van der Waals surface area (Å²) in [4.78, 5) is 18.6. The van der Waals surface area contributed by atoms with E-state index in [9.17, 15) is 0 Å². The van der Waals surface area contributed by atoms with Crippen molar-refractivity contribution in [2.24, 2.45) is 0 Å². The van der Waals surface area contributed by atoms with Crippen LogP contribution in [0.25, 0.3) is 32.6 Å². The number of rotatable bonds is 5. The average molecular weight is 458 g/mol. The first-order valence-corrected chi connectivity index (χ1v) is 11.8. The summed E-state index contributed by atoms with van der Waals surface area (Å²) in [7, 11) is 1.68. The molecule has 0 radical (unpaired) electrons. The molecule has 0 spiro atoms. The van der Waals surface area contributed by atoms with Crippen LogP contribution in [0.1, 0.15) is 5.69 Å². The Morgan fingerprint density at radius 1 is 1.00 bits per heavy atom. The van der Waals surface area contributed by atoms with Gasteiger partial charge in [0.25, 0.3) is 0 Å². The molecule has 0 unspecified atom stereocenters. The van der Waals surface area contributed by atoms with Crippen LogP contribution in [-0.2, 0) is 6.54 Å². The van der Waals surface area contributed by atoms with E-state index in [0.717, 1.165) is 82.6 Å². The van der Waals surface area contributed by atoms with Crippen molar-refractivity contribution in [3.63, 3.8) is 0 Å². The standard InChI is InChI=1S/C25H23N5O2S/c1-31-19-8-6-17(7-9-19)25-28-18(15-33-25)14-29-10-12-30(13-11-29)24-23-22(26-16-27-24)20-4-2-3-5-21(20)32-23/h2-9,15-16H,10-14H2,1H3. The predicted molar refractivity (Wildman–Crippen MR) is 131 cm³/mol. The van der Waals surface area contributed by atoms with Gasteiger partial charge in [-0.25, -0.2) is 15.0 Å². The highest BCUT2D eigenvalue weighted by Gasteiger charge is 2.23. The molecule has 3 aromatic heterocycles. The number of methoxy groups -OCH3 is 1. The van der Waals surface area contributed by atoms with Gasteiger partial charge < -0.3 is 14.1 Å². The molecule has 166 valence electrons. The second-order valence-corrected chi connectivity index (χ2v) is 8.97. The molecule has 2 aromatic carbocycles. The van der Waals surface area contributed by atoms with Gasteiger partial charge in [0.2, 0.25) is 0 Å². The van der Waals surface area contributed by atoms with Gasteiger partial charge in [-0.05, 0) is 36.4 Å². The molecule has 33 heavy (non-hydrogen) atoms. The molecule has 1 fully saturated rings. The quantitative estimate of drug-likeness (QED) is 0.374. The number of para-hydroxylation sites is 1. The Morgan fingerprint density at radius 3 is 2.64 bits per heavy atom. The molecule has 0 saturated carbocycles. The lowest BCUT2D eigenvalue weighted by molar-refractivity contribution is 0.247. The van der Waals surface area contributed by atoms with Crippen LogP contribution in [0.5, 0.6) is 5.75 Å². The van der Waals surface area contributed by atoms with Gasteiger partial charge in [0.15, 0.2) is 11.4 Å². The van der Waals surface area contributed by atoms with E-state index in [1.54, 1.807) is 24.8 Å². The van der Waals surface area contributed by atoms with Gasteiger partial charge in [-0.1, -0.05) is 12.1 Å². The van der Waals surface area contributed by atoms with E-state index in [0.29, 0.717) is 0 Å². The Kier molecular flexibility index (Phi) is 5.16. The number of hydrogen-bond acceptors (Lipinski definition) is 8. The van der Waals surface area contributed by atoms with E-state index in [1.807, 2.05) is 36.4 Å². The molecule has 5 aromatic rings. The lowest BCUT2D eigenvalue weighted by Gasteiger charge is -2.34. The van der Waals surface area contributed by atoms with Crippen LogP contribution in [0.3, 0.4) is 0 Å². The highest BCUT2D eigenvalue weighted by Crippen LogP contribution is 2.32. The Labute approximate surface area is 195 Å². The van der Waals surface area contributed by atoms with E-state index in [2.05, 4.69) is 37.3 Å². The first-order chi connectivity index (χ1) is 16.3. The van der Waals surface area contributed by atoms with Crippen molar-refractivity contribution < 1.29 is 9.15 Å². The number of piperazine rings is 1. The number of nitrogens with zero attached hydrogens (tertiary/aromatic N) is 5. The third-order valence-corrected chi connectivity index (χ3v) is 7.03. The van der Waals surface area contributed by atoms with Gasteiger partial charge >= 0.3 is 0 Å². The molecule has 1 aliphatic rings. The molecule has 1 saturated heterocycles. The monoisotopic (exact) mass is 457 g/mol. The largest absolute Gasteiger partial charge is 0.497 e. The number of benzene rings is 2. The number of ether oxygens (including phenoxy) is 1. The van der Waals surface area contributed by atoms with Gasteiger partial charge in [0.1, 0.15) is 28.2 Å². The predicted octanol–water partition coefficient (Wildman–Crippen LogP) is 4.83. The van der Waals surface area contributed by atoms with E-state index >= 15 is 0 Å². The summed E-state index contributed by atoms with van der Waals surface area (Å²) in [5, 5.41) is 4.24. The zero-order chi connectivity index (χ0) is 22.2. The molecule has 4 heterocycles. The van der Waals surface area contributed by atoms with Crippen molar-refractivity contribution in [2.45, 2.75) is 6.54 Å². The zero-order valence-corrected chi connectivity index (χ0v) is 19.1. The second kappa shape index (κ2) is 8.46. The molecule has 0 N–H and O–H groups in total. The summed E-state index contributed by atoms with van der Waals surface area (Å²) in [6.07, 6.45) is 1.64. The second-order valence-electron chi connectivity index (χ2n) is 8.11. The van der Waals surface area contributed by atoms with Gasteiger partial charge in [0.05, 0.1) is 12.8 Å². The van der Waals surface area contributed by atoms with E-state index < -0.39 is 0 Å². The SMILES string of the molecule is COc1ccc(-c2nc(CN3CCN(c4ncnc5c4oc4ccccc45)CC3)cs2)cc1. The molecule has 0 amide bonds. The first kappa shape index (κ1) is 20.1. The fourth-order valence-electron chi connectivity index (χ4n) is 4.33. The Bertz CT molecular complexity index is 1400. The van der Waals surface area contributed by atoms with E-state index in [-0.39, 0.29) is 0 Å². The lowest BCUT2D eigenvalue weighted by atomic mass is 10.2. The minimum Gasteiger partial charge on any atom is -0.497 e. The van der Waals surface area contributed by atoms with Crippen LogP contribution >= 0.6 is 11.3 Å². The average Bonchev–Trinajstić information content (AvgIpc) is 3.49. The maximum atomic E-state index is 6.12. The maximum Gasteiger partial charge on any atom is 0.196 e. The minimum atomic E-state index is 0.774. The van der Waals surface area contributed by atoms with Crippen molar-refractivity contribution in [1.82, 2.24) is 19.9 Å². The van der Waals surface area contributed by atoms with Gasteiger partial charge in [-0.2, -0.15) is 0 Å². The molecule has 0 bridgehead atoms. The summed E-state index contributed by atoms with van der Waals surface area (Å²) in [6, 6.07) is 16.1. The van der Waals surface area contributed by atoms with Crippen molar-refractivity contribution in [1.29, 1.82) is 0 Å². The fourth-order valence-corrected chi connectivity index (χ4v) is 5.15. The van der Waals surface area contributed by atoms with Crippen molar-refractivity contribution in [3.8, 4) is 16.3 Å². The van der Waals surface area contributed by atoms with Crippen molar-refractivity contribution in [3.05, 3.63) is 65.9 Å². The molecule has 8 heteroatoms. The third kappa shape index (κ3) is 3.81. The molecule has 6 rings (SSSR count). The molecular formula is C25H23N5O2S. The summed E-state index contributed by atoms with van der Waals surface area (Å²) < 4.78 is 11.4. The summed E-state index contributed by atoms with van der Waals surface area (Å²) >= 11 is 1.69. The molecular weight excluding hydrogens is 434 g/mol. The highest BCUT2D eigenvalue weighted by atomic mass is 32.1. The topological polar surface area (TPSA) is 67.5 Å². The highest BCUT2D eigenvalue weighted by molar-refractivity contribution is 7.13. The van der Waals surface area contributed by atoms with Gasteiger partial charge in [0, 0.05) is 49.1 Å². The lowest BCUT2D eigenvalue weighted by Crippen LogP contribution is -2.46. The van der Waals surface area contributed by atoms with Crippen LogP contribution in [-0.4, -0.2) is 53.1 Å². The van der Waals surface area contributed by atoms with Crippen LogP contribution in [0.4, 0.5) is 5.82 Å². The summed E-state index contributed by atoms with van der Waals surface area (Å²) in [6.45, 7) is 4.52. The van der Waals surface area contributed by atoms with Crippen molar-refractivity contribution in [2.75, 3.05) is 38.2 Å². The number of anilines is 1. The molecule has 0 aliphatic carbocycles. The van der Waals surface area contributed by atoms with Gasteiger partial charge in [-0.15, -0.1) is 11.3 Å². The smallest absolute Gasteiger partial charge is 0.196 e. The Hall–Kier alpha value is -3.49. The van der Waals surface area contributed by atoms with E-state index in [1.165, 1.54) is 0 Å². The van der Waals surface area contributed by atoms with Gasteiger partial charge in [-0.3, -0.25) is 4.90 Å². The fraction of sp³-hybridized carbons (Fsp3) is 0.240. The molecule has 0 atom stereocenters. The zero-order valence-electron chi connectivity index (χ0n) is 18.3. The number of thiazole rings is 1. The summed E-state index contributed by atoms with van der Waals surface area (Å²) in [5.41, 5.74) is 4.74. The normalized spacial score (nSPS) is 14.9. The summed E-state index contributed by atoms with van der Waals surface area (Å²) in [5.74, 6) is 1.74. The Balaban J connectivity index is 1.14. The molecule has 1 aliphatic heterocycles. The first-order valence-electron chi connectivity index (χ1n) is 11.0. The Morgan fingerprint density at radius 2 is 1.82 bits per heavy atom.